The van der Waals surface area contributed by atoms with Crippen molar-refractivity contribution in [3.05, 3.63) is 23.8 Å². The van der Waals surface area contributed by atoms with E-state index in [-0.39, 0.29) is 6.09 Å². The van der Waals surface area contributed by atoms with Gasteiger partial charge in [-0.3, -0.25) is 0 Å². The van der Waals surface area contributed by atoms with E-state index >= 15 is 0 Å². The number of piperidine rings is 1. The number of anilines is 1. The number of nitrogens with zero attached hydrogens (tertiary/aromatic N) is 2. The third-order valence-electron chi connectivity index (χ3n) is 3.48. The second-order valence-corrected chi connectivity index (χ2v) is 5.26. The second kappa shape index (κ2) is 9.12. The molecule has 21 heavy (non-hydrogen) atoms. The first kappa shape index (κ1) is 18.1. The summed E-state index contributed by atoms with van der Waals surface area (Å²) in [5, 5.41) is 0. The van der Waals surface area contributed by atoms with E-state index in [4.69, 9.17) is 4.74 Å². The number of alkyl halides is 1. The Morgan fingerprint density at radius 3 is 2.38 bits per heavy atom. The number of benzene rings is 1. The zero-order chi connectivity index (χ0) is 15.8. The van der Waals surface area contributed by atoms with Gasteiger partial charge in [0.2, 0.25) is 0 Å². The predicted octanol–water partition coefficient (Wildman–Crippen LogP) is 4.10. The molecule has 0 aliphatic carbocycles. The molecule has 1 aromatic carbocycles. The minimum absolute atomic E-state index is 0.228. The Kier molecular flexibility index (Phi) is 7.85. The van der Waals surface area contributed by atoms with Crippen LogP contribution >= 0.6 is 22.6 Å². The lowest BCUT2D eigenvalue weighted by Gasteiger charge is -2.26. The summed E-state index contributed by atoms with van der Waals surface area (Å²) < 4.78 is 5.46. The fourth-order valence-corrected chi connectivity index (χ4v) is 2.38. The molecule has 0 radical (unpaired) electrons. The van der Waals surface area contributed by atoms with Crippen LogP contribution in [-0.2, 0) is 0 Å². The molecular weight excluding hydrogens is 379 g/mol. The highest BCUT2D eigenvalue weighted by atomic mass is 127. The number of amides is 1. The molecule has 0 saturated carbocycles. The first-order valence-corrected chi connectivity index (χ1v) is 9.36. The summed E-state index contributed by atoms with van der Waals surface area (Å²) in [4.78, 5) is 17.8. The maximum atomic E-state index is 12.0. The van der Waals surface area contributed by atoms with Crippen LogP contribution in [0, 0.1) is 6.92 Å². The van der Waals surface area contributed by atoms with E-state index in [1.165, 1.54) is 12.0 Å². The summed E-state index contributed by atoms with van der Waals surface area (Å²) in [6.45, 7) is 3.67. The van der Waals surface area contributed by atoms with Gasteiger partial charge in [-0.2, -0.15) is 0 Å². The number of hydrogen-bond acceptors (Lipinski definition) is 3. The lowest BCUT2D eigenvalue weighted by molar-refractivity contribution is 0.142. The minimum Gasteiger partial charge on any atom is -0.410 e. The Morgan fingerprint density at radius 1 is 1.19 bits per heavy atom. The molecule has 4 nitrogen and oxygen atoms in total. The van der Waals surface area contributed by atoms with Crippen LogP contribution in [0.1, 0.15) is 24.8 Å². The molecule has 1 saturated heterocycles. The van der Waals surface area contributed by atoms with Crippen molar-refractivity contribution in [2.24, 2.45) is 0 Å². The molecule has 1 heterocycles. The van der Waals surface area contributed by atoms with E-state index in [0.29, 0.717) is 5.75 Å². The molecule has 0 unspecified atom stereocenters. The van der Waals surface area contributed by atoms with Crippen LogP contribution in [0.3, 0.4) is 0 Å². The van der Waals surface area contributed by atoms with Crippen LogP contribution < -0.4 is 9.64 Å². The topological polar surface area (TPSA) is 32.8 Å². The number of halogens is 1. The Bertz CT molecular complexity index is 458. The lowest BCUT2D eigenvalue weighted by Crippen LogP contribution is -2.37. The fourth-order valence-electron chi connectivity index (χ4n) is 2.38. The maximum Gasteiger partial charge on any atom is 0.415 e. The zero-order valence-electron chi connectivity index (χ0n) is 13.4. The van der Waals surface area contributed by atoms with Crippen LogP contribution in [0.4, 0.5) is 10.5 Å². The van der Waals surface area contributed by atoms with Crippen LogP contribution in [-0.4, -0.2) is 43.1 Å². The third-order valence-corrected chi connectivity index (χ3v) is 3.48. The van der Waals surface area contributed by atoms with Crippen molar-refractivity contribution >= 4 is 34.4 Å². The van der Waals surface area contributed by atoms with Crippen LogP contribution in [0.15, 0.2) is 18.2 Å². The average molecular weight is 404 g/mol. The molecule has 118 valence electrons. The average Bonchev–Trinajstić information content (AvgIpc) is 2.51. The van der Waals surface area contributed by atoms with Gasteiger partial charge in [0, 0.05) is 38.9 Å². The molecule has 1 aliphatic rings. The number of carbonyl (C=O) groups excluding carboxylic acids is 1. The summed E-state index contributed by atoms with van der Waals surface area (Å²) >= 11 is 2.15. The molecule has 0 bridgehead atoms. The SMILES string of the molecule is CI.Cc1ccc(OC(=O)N2CCCCC2)cc1N(C)C. The van der Waals surface area contributed by atoms with Crippen molar-refractivity contribution in [1.29, 1.82) is 0 Å². The van der Waals surface area contributed by atoms with Crippen molar-refractivity contribution in [1.82, 2.24) is 4.90 Å². The molecule has 0 N–H and O–H groups in total. The molecule has 1 fully saturated rings. The predicted molar refractivity (Wildman–Crippen MR) is 96.9 cm³/mol. The monoisotopic (exact) mass is 404 g/mol. The summed E-state index contributed by atoms with van der Waals surface area (Å²) in [7, 11) is 3.97. The van der Waals surface area contributed by atoms with Crippen molar-refractivity contribution in [2.45, 2.75) is 26.2 Å². The summed E-state index contributed by atoms with van der Waals surface area (Å²) in [6.07, 6.45) is 3.13. The number of aryl methyl sites for hydroxylation is 1. The van der Waals surface area contributed by atoms with E-state index in [1.807, 2.05) is 49.0 Å². The maximum absolute atomic E-state index is 12.0. The highest BCUT2D eigenvalue weighted by Crippen LogP contribution is 2.24. The molecule has 5 heteroatoms. The van der Waals surface area contributed by atoms with Gasteiger partial charge in [0.15, 0.2) is 0 Å². The minimum atomic E-state index is -0.228. The smallest absolute Gasteiger partial charge is 0.410 e. The molecule has 2 rings (SSSR count). The van der Waals surface area contributed by atoms with Crippen LogP contribution in [0.25, 0.3) is 0 Å². The Hall–Kier alpha value is -0.980. The zero-order valence-corrected chi connectivity index (χ0v) is 15.5. The number of hydrogen-bond donors (Lipinski definition) is 0. The van der Waals surface area contributed by atoms with Gasteiger partial charge in [-0.15, -0.1) is 0 Å². The first-order valence-electron chi connectivity index (χ1n) is 7.20. The highest BCUT2D eigenvalue weighted by Gasteiger charge is 2.18. The van der Waals surface area contributed by atoms with Gasteiger partial charge >= 0.3 is 6.09 Å². The standard InChI is InChI=1S/C15H22N2O2.CH3I/c1-12-7-8-13(11-14(12)16(2)3)19-15(18)17-9-5-4-6-10-17;1-2/h7-8,11H,4-6,9-10H2,1-3H3;1H3. The molecular formula is C16H25IN2O2. The van der Waals surface area contributed by atoms with Gasteiger partial charge in [0.25, 0.3) is 0 Å². The van der Waals surface area contributed by atoms with Gasteiger partial charge in [-0.1, -0.05) is 28.7 Å². The van der Waals surface area contributed by atoms with Gasteiger partial charge in [-0.25, -0.2) is 4.79 Å². The number of ether oxygens (including phenoxy) is 1. The van der Waals surface area contributed by atoms with Gasteiger partial charge in [0.05, 0.1) is 0 Å². The van der Waals surface area contributed by atoms with E-state index in [9.17, 15) is 4.79 Å². The fraction of sp³-hybridized carbons (Fsp3) is 0.562. The van der Waals surface area contributed by atoms with Gasteiger partial charge in [-0.05, 0) is 42.7 Å². The van der Waals surface area contributed by atoms with E-state index in [1.54, 1.807) is 4.90 Å². The summed E-state index contributed by atoms with van der Waals surface area (Å²) in [6, 6.07) is 5.75. The van der Waals surface area contributed by atoms with Crippen LogP contribution in [0.2, 0.25) is 0 Å². The van der Waals surface area contributed by atoms with Gasteiger partial charge < -0.3 is 14.5 Å². The van der Waals surface area contributed by atoms with Crippen molar-refractivity contribution in [3.8, 4) is 5.75 Å². The molecule has 0 aromatic heterocycles. The Morgan fingerprint density at radius 2 is 1.81 bits per heavy atom. The first-order chi connectivity index (χ1) is 10.1. The normalized spacial score (nSPS) is 14.0. The summed E-state index contributed by atoms with van der Waals surface area (Å²) in [5.74, 6) is 0.616. The third kappa shape index (κ3) is 5.37. The molecule has 1 amide bonds. The Balaban J connectivity index is 0.00000106. The van der Waals surface area contributed by atoms with E-state index in [2.05, 4.69) is 22.6 Å². The number of likely N-dealkylation sites (tertiary alicyclic amines) is 1. The number of carbonyl (C=O) groups is 1. The van der Waals surface area contributed by atoms with Crippen molar-refractivity contribution in [3.63, 3.8) is 0 Å². The second-order valence-electron chi connectivity index (χ2n) is 5.26. The van der Waals surface area contributed by atoms with E-state index < -0.39 is 0 Å². The molecule has 1 aromatic rings. The molecule has 1 aliphatic heterocycles. The van der Waals surface area contributed by atoms with E-state index in [0.717, 1.165) is 31.6 Å². The lowest BCUT2D eigenvalue weighted by atomic mass is 10.1. The quantitative estimate of drug-likeness (QED) is 0.550. The molecule has 0 spiro atoms. The van der Waals surface area contributed by atoms with Crippen LogP contribution in [0.5, 0.6) is 5.75 Å². The Labute approximate surface area is 141 Å². The van der Waals surface area contributed by atoms with Crippen molar-refractivity contribution < 1.29 is 9.53 Å². The van der Waals surface area contributed by atoms with Gasteiger partial charge in [0.1, 0.15) is 5.75 Å². The molecule has 0 atom stereocenters. The van der Waals surface area contributed by atoms with Crippen molar-refractivity contribution in [2.75, 3.05) is 37.0 Å². The summed E-state index contributed by atoms with van der Waals surface area (Å²) in [5.41, 5.74) is 2.24. The number of rotatable bonds is 2. The highest BCUT2D eigenvalue weighted by molar-refractivity contribution is 14.1. The largest absolute Gasteiger partial charge is 0.415 e.